The van der Waals surface area contributed by atoms with E-state index in [0.717, 1.165) is 5.56 Å². The highest BCUT2D eigenvalue weighted by molar-refractivity contribution is 8.00. The van der Waals surface area contributed by atoms with Gasteiger partial charge in [0, 0.05) is 10.5 Å². The molecular formula is C12H15NOS. The Bertz CT molecular complexity index is 320. The van der Waals surface area contributed by atoms with Crippen molar-refractivity contribution < 1.29 is 5.11 Å². The number of rotatable bonds is 5. The normalized spacial score (nSPS) is 14.2. The predicted octanol–water partition coefficient (Wildman–Crippen LogP) is 2.76. The van der Waals surface area contributed by atoms with Crippen molar-refractivity contribution in [1.29, 1.82) is 5.26 Å². The maximum Gasteiger partial charge on any atom is 0.0636 e. The molecule has 2 atom stereocenters. The van der Waals surface area contributed by atoms with Crippen molar-refractivity contribution in [3.63, 3.8) is 0 Å². The Kier molecular flexibility index (Phi) is 5.23. The number of aliphatic hydroxyl groups excluding tert-OH is 1. The van der Waals surface area contributed by atoms with E-state index < -0.39 is 0 Å². The van der Waals surface area contributed by atoms with Crippen LogP contribution in [0.5, 0.6) is 0 Å². The third-order valence-electron chi connectivity index (χ3n) is 2.10. The molecule has 1 aromatic rings. The van der Waals surface area contributed by atoms with Crippen LogP contribution in [-0.2, 0) is 0 Å². The summed E-state index contributed by atoms with van der Waals surface area (Å²) in [4.78, 5) is 0. The predicted molar refractivity (Wildman–Crippen MR) is 63.6 cm³/mol. The standard InChI is InChI=1S/C12H15NOS/c1-10(9-14)15-12(7-8-13)11-5-3-2-4-6-11/h2-6,10,12,14H,7,9H2,1H3. The molecule has 2 nitrogen and oxygen atoms in total. The molecule has 0 aromatic heterocycles. The summed E-state index contributed by atoms with van der Waals surface area (Å²) in [7, 11) is 0. The van der Waals surface area contributed by atoms with Crippen LogP contribution in [0.2, 0.25) is 0 Å². The molecule has 0 aliphatic heterocycles. The highest BCUT2D eigenvalue weighted by atomic mass is 32.2. The van der Waals surface area contributed by atoms with Crippen LogP contribution < -0.4 is 0 Å². The van der Waals surface area contributed by atoms with Gasteiger partial charge in [-0.1, -0.05) is 37.3 Å². The van der Waals surface area contributed by atoms with Crippen LogP contribution in [0.1, 0.15) is 24.2 Å². The van der Waals surface area contributed by atoms with E-state index in [1.165, 1.54) is 0 Å². The van der Waals surface area contributed by atoms with Gasteiger partial charge in [-0.05, 0) is 5.56 Å². The second kappa shape index (κ2) is 6.49. The molecule has 3 heteroatoms. The zero-order valence-electron chi connectivity index (χ0n) is 8.76. The zero-order chi connectivity index (χ0) is 11.1. The molecule has 1 aromatic carbocycles. The van der Waals surface area contributed by atoms with Crippen molar-refractivity contribution in [1.82, 2.24) is 0 Å². The number of benzene rings is 1. The number of nitrogens with zero attached hydrogens (tertiary/aromatic N) is 1. The second-order valence-electron chi connectivity index (χ2n) is 3.39. The SMILES string of the molecule is CC(CO)SC(CC#N)c1ccccc1. The van der Waals surface area contributed by atoms with Gasteiger partial charge in [0.15, 0.2) is 0 Å². The molecule has 0 aliphatic carbocycles. The molecule has 1 N–H and O–H groups in total. The number of thioether (sulfide) groups is 1. The second-order valence-corrected chi connectivity index (χ2v) is 5.04. The number of hydrogen-bond acceptors (Lipinski definition) is 3. The molecule has 0 amide bonds. The molecule has 0 fully saturated rings. The van der Waals surface area contributed by atoms with E-state index in [9.17, 15) is 0 Å². The van der Waals surface area contributed by atoms with Crippen molar-refractivity contribution in [3.8, 4) is 6.07 Å². The Morgan fingerprint density at radius 1 is 1.40 bits per heavy atom. The van der Waals surface area contributed by atoms with Crippen molar-refractivity contribution in [3.05, 3.63) is 35.9 Å². The first kappa shape index (κ1) is 12.1. The van der Waals surface area contributed by atoms with Crippen LogP contribution in [0.3, 0.4) is 0 Å². The van der Waals surface area contributed by atoms with Gasteiger partial charge in [0.25, 0.3) is 0 Å². The van der Waals surface area contributed by atoms with Crippen LogP contribution in [0.25, 0.3) is 0 Å². The monoisotopic (exact) mass is 221 g/mol. The minimum atomic E-state index is 0.152. The highest BCUT2D eigenvalue weighted by Gasteiger charge is 2.14. The molecular weight excluding hydrogens is 206 g/mol. The van der Waals surface area contributed by atoms with Crippen molar-refractivity contribution >= 4 is 11.8 Å². The third kappa shape index (κ3) is 3.94. The maximum atomic E-state index is 9.00. The molecule has 2 unspecified atom stereocenters. The Labute approximate surface area is 94.9 Å². The van der Waals surface area contributed by atoms with Gasteiger partial charge in [-0.25, -0.2) is 0 Å². The average Bonchev–Trinajstić information content (AvgIpc) is 2.29. The van der Waals surface area contributed by atoms with Crippen LogP contribution in [-0.4, -0.2) is 17.0 Å². The van der Waals surface area contributed by atoms with Crippen LogP contribution in [0.15, 0.2) is 30.3 Å². The Morgan fingerprint density at radius 2 is 2.07 bits per heavy atom. The largest absolute Gasteiger partial charge is 0.395 e. The fourth-order valence-corrected chi connectivity index (χ4v) is 2.45. The quantitative estimate of drug-likeness (QED) is 0.831. The molecule has 0 heterocycles. The molecule has 0 spiro atoms. The summed E-state index contributed by atoms with van der Waals surface area (Å²) in [5.41, 5.74) is 1.16. The van der Waals surface area contributed by atoms with Gasteiger partial charge in [0.2, 0.25) is 0 Å². The molecule has 0 bridgehead atoms. The van der Waals surface area contributed by atoms with Gasteiger partial charge in [-0.2, -0.15) is 5.26 Å². The number of hydrogen-bond donors (Lipinski definition) is 1. The minimum absolute atomic E-state index is 0.152. The molecule has 80 valence electrons. The Hall–Kier alpha value is -0.980. The topological polar surface area (TPSA) is 44.0 Å². The first-order valence-electron chi connectivity index (χ1n) is 4.96. The van der Waals surface area contributed by atoms with Gasteiger partial charge in [-0.15, -0.1) is 11.8 Å². The molecule has 0 saturated carbocycles. The molecule has 0 radical (unpaired) electrons. The number of nitriles is 1. The van der Waals surface area contributed by atoms with E-state index >= 15 is 0 Å². The van der Waals surface area contributed by atoms with Crippen molar-refractivity contribution in [2.75, 3.05) is 6.61 Å². The van der Waals surface area contributed by atoms with Crippen LogP contribution >= 0.6 is 11.8 Å². The van der Waals surface area contributed by atoms with E-state index in [2.05, 4.69) is 6.07 Å². The van der Waals surface area contributed by atoms with Gasteiger partial charge in [0.05, 0.1) is 19.1 Å². The lowest BCUT2D eigenvalue weighted by Crippen LogP contribution is -2.06. The number of aliphatic hydroxyl groups is 1. The first-order chi connectivity index (χ1) is 7.27. The average molecular weight is 221 g/mol. The van der Waals surface area contributed by atoms with E-state index in [-0.39, 0.29) is 17.1 Å². The third-order valence-corrected chi connectivity index (χ3v) is 3.48. The summed E-state index contributed by atoms with van der Waals surface area (Å²) < 4.78 is 0. The molecule has 0 aliphatic rings. The Morgan fingerprint density at radius 3 is 2.60 bits per heavy atom. The maximum absolute atomic E-state index is 9.00. The lowest BCUT2D eigenvalue weighted by molar-refractivity contribution is 0.299. The minimum Gasteiger partial charge on any atom is -0.395 e. The smallest absolute Gasteiger partial charge is 0.0636 e. The van der Waals surface area contributed by atoms with Crippen molar-refractivity contribution in [2.24, 2.45) is 0 Å². The Balaban J connectivity index is 2.71. The first-order valence-corrected chi connectivity index (χ1v) is 5.90. The summed E-state index contributed by atoms with van der Waals surface area (Å²) >= 11 is 1.65. The van der Waals surface area contributed by atoms with E-state index in [4.69, 9.17) is 10.4 Å². The van der Waals surface area contributed by atoms with Crippen LogP contribution in [0, 0.1) is 11.3 Å². The summed E-state index contributed by atoms with van der Waals surface area (Å²) in [6, 6.07) is 12.2. The molecule has 1 rings (SSSR count). The lowest BCUT2D eigenvalue weighted by atomic mass is 10.1. The lowest BCUT2D eigenvalue weighted by Gasteiger charge is -2.17. The molecule has 0 saturated heterocycles. The fourth-order valence-electron chi connectivity index (χ4n) is 1.32. The van der Waals surface area contributed by atoms with Crippen LogP contribution in [0.4, 0.5) is 0 Å². The summed E-state index contributed by atoms with van der Waals surface area (Å²) in [5.74, 6) is 0. The van der Waals surface area contributed by atoms with Crippen molar-refractivity contribution in [2.45, 2.75) is 23.8 Å². The zero-order valence-corrected chi connectivity index (χ0v) is 9.57. The molecule has 15 heavy (non-hydrogen) atoms. The highest BCUT2D eigenvalue weighted by Crippen LogP contribution is 2.34. The van der Waals surface area contributed by atoms with E-state index in [0.29, 0.717) is 6.42 Å². The summed E-state index contributed by atoms with van der Waals surface area (Å²) in [6.45, 7) is 2.12. The summed E-state index contributed by atoms with van der Waals surface area (Å²) in [6.07, 6.45) is 0.485. The summed E-state index contributed by atoms with van der Waals surface area (Å²) in [5, 5.41) is 18.1. The van der Waals surface area contributed by atoms with Gasteiger partial charge in [-0.3, -0.25) is 0 Å². The van der Waals surface area contributed by atoms with E-state index in [1.807, 2.05) is 37.3 Å². The van der Waals surface area contributed by atoms with Gasteiger partial charge < -0.3 is 5.11 Å². The fraction of sp³-hybridized carbons (Fsp3) is 0.417. The van der Waals surface area contributed by atoms with Gasteiger partial charge in [0.1, 0.15) is 0 Å². The van der Waals surface area contributed by atoms with E-state index in [1.54, 1.807) is 11.8 Å². The van der Waals surface area contributed by atoms with Gasteiger partial charge >= 0.3 is 0 Å².